The maximum atomic E-state index is 12.9. The highest BCUT2D eigenvalue weighted by atomic mass is 32.2. The van der Waals surface area contributed by atoms with Crippen LogP contribution in [0.5, 0.6) is 0 Å². The molecule has 1 fully saturated rings. The molecule has 5 rings (SSSR count). The molecule has 1 saturated carbocycles. The summed E-state index contributed by atoms with van der Waals surface area (Å²) in [4.78, 5) is 25.8. The van der Waals surface area contributed by atoms with Gasteiger partial charge in [0.15, 0.2) is 26.9 Å². The first-order chi connectivity index (χ1) is 19.1. The monoisotopic (exact) mass is 566 g/mol. The van der Waals surface area contributed by atoms with E-state index in [-0.39, 0.29) is 42.7 Å². The van der Waals surface area contributed by atoms with Crippen molar-refractivity contribution in [3.8, 4) is 22.5 Å². The number of carboxylic acids is 1. The minimum absolute atomic E-state index is 0.0537. The Balaban J connectivity index is 1.53. The van der Waals surface area contributed by atoms with Crippen LogP contribution < -0.4 is 5.73 Å². The second-order valence-corrected chi connectivity index (χ2v) is 11.8. The van der Waals surface area contributed by atoms with Gasteiger partial charge in [-0.05, 0) is 25.7 Å². The molecule has 1 aromatic carbocycles. The maximum absolute atomic E-state index is 12.9. The molecule has 1 aliphatic carbocycles. The molecule has 0 radical (unpaired) electrons. The van der Waals surface area contributed by atoms with E-state index in [9.17, 15) is 18.3 Å². The summed E-state index contributed by atoms with van der Waals surface area (Å²) in [5, 5.41) is 14.2. The van der Waals surface area contributed by atoms with Crippen LogP contribution in [0, 0.1) is 0 Å². The van der Waals surface area contributed by atoms with E-state index in [0.29, 0.717) is 41.1 Å². The summed E-state index contributed by atoms with van der Waals surface area (Å²) in [6.07, 6.45) is 7.03. The molecule has 0 atom stereocenters. The summed E-state index contributed by atoms with van der Waals surface area (Å²) in [5.41, 5.74) is 7.80. The number of nitrogens with two attached hydrogens (primary N) is 1. The van der Waals surface area contributed by atoms with Crippen LogP contribution in [-0.4, -0.2) is 76.2 Å². The fourth-order valence-electron chi connectivity index (χ4n) is 5.18. The quantitative estimate of drug-likeness (QED) is 0.285. The van der Waals surface area contributed by atoms with Gasteiger partial charge in [0, 0.05) is 48.4 Å². The van der Waals surface area contributed by atoms with Crippen LogP contribution in [-0.2, 0) is 24.1 Å². The molecule has 0 amide bonds. The molecule has 0 unspecified atom stereocenters. The number of nitrogens with zero attached hydrogens (tertiary/aromatic N) is 5. The Morgan fingerprint density at radius 1 is 1.10 bits per heavy atom. The molecule has 13 heteroatoms. The largest absolute Gasteiger partial charge is 0.479 e. The first kappa shape index (κ1) is 27.6. The third-order valence-electron chi connectivity index (χ3n) is 7.26. The average Bonchev–Trinajstić information content (AvgIpc) is 3.38. The molecular weight excluding hydrogens is 536 g/mol. The molecule has 3 heterocycles. The second-order valence-electron chi connectivity index (χ2n) is 9.85. The molecule has 0 spiro atoms. The number of rotatable bonds is 9. The number of benzene rings is 1. The van der Waals surface area contributed by atoms with Gasteiger partial charge in [-0.3, -0.25) is 0 Å². The van der Waals surface area contributed by atoms with E-state index in [2.05, 4.69) is 15.1 Å². The average molecular weight is 567 g/mol. The lowest BCUT2D eigenvalue weighted by Gasteiger charge is -2.36. The third kappa shape index (κ3) is 5.15. The predicted molar refractivity (Wildman–Crippen MR) is 146 cm³/mol. The molecule has 1 aliphatic rings. The fourth-order valence-corrected chi connectivity index (χ4v) is 6.24. The van der Waals surface area contributed by atoms with E-state index in [1.807, 2.05) is 30.3 Å². The number of carboxylic acid groups (broad SMARTS) is 1. The number of fused-ring (bicyclic) bond motifs is 1. The zero-order valence-corrected chi connectivity index (χ0v) is 23.0. The molecule has 210 valence electrons. The highest BCUT2D eigenvalue weighted by Crippen LogP contribution is 2.43. The van der Waals surface area contributed by atoms with Crippen LogP contribution in [0.3, 0.4) is 0 Å². The lowest BCUT2D eigenvalue weighted by atomic mass is 9.77. The normalized spacial score (nSPS) is 19.6. The standard InChI is InChI=1S/C27H30N6O6S/c1-38-12-13-39-27(26(34)35)10-8-17(9-11-27)21-22(40(2,36)37)23(28)33-25(32-21)20(16-31-33)19-14-29-24(30-15-19)18-6-4-3-5-7-18/h3-7,14-17H,8-13,28H2,1-2H3,(H,34,35)/t17-,27-. The number of hydrogen-bond acceptors (Lipinski definition) is 10. The van der Waals surface area contributed by atoms with Crippen molar-refractivity contribution in [3.05, 3.63) is 54.6 Å². The van der Waals surface area contributed by atoms with Crippen LogP contribution in [0.4, 0.5) is 5.82 Å². The summed E-state index contributed by atoms with van der Waals surface area (Å²) in [5.74, 6) is -0.896. The minimum Gasteiger partial charge on any atom is -0.479 e. The van der Waals surface area contributed by atoms with Crippen molar-refractivity contribution in [2.24, 2.45) is 0 Å². The van der Waals surface area contributed by atoms with Crippen molar-refractivity contribution in [3.63, 3.8) is 0 Å². The SMILES string of the molecule is COCCO[C@]1(C(=O)O)CC[C@@H](c2nc3c(-c4cnc(-c5ccccc5)nc4)cnn3c(N)c2S(C)(=O)=O)CC1. The maximum Gasteiger partial charge on any atom is 0.335 e. The summed E-state index contributed by atoms with van der Waals surface area (Å²) in [6, 6.07) is 9.55. The van der Waals surface area contributed by atoms with E-state index in [1.54, 1.807) is 18.6 Å². The molecule has 3 aromatic heterocycles. The second kappa shape index (κ2) is 10.9. The Morgan fingerprint density at radius 2 is 1.77 bits per heavy atom. The van der Waals surface area contributed by atoms with Gasteiger partial charge < -0.3 is 20.3 Å². The highest BCUT2D eigenvalue weighted by molar-refractivity contribution is 7.91. The van der Waals surface area contributed by atoms with Gasteiger partial charge in [0.2, 0.25) is 0 Å². The fraction of sp³-hybridized carbons (Fsp3) is 0.370. The Bertz CT molecular complexity index is 1630. The van der Waals surface area contributed by atoms with Gasteiger partial charge in [0.05, 0.1) is 25.1 Å². The van der Waals surface area contributed by atoms with Gasteiger partial charge in [-0.1, -0.05) is 30.3 Å². The van der Waals surface area contributed by atoms with Gasteiger partial charge in [0.25, 0.3) is 0 Å². The van der Waals surface area contributed by atoms with E-state index in [1.165, 1.54) is 11.6 Å². The van der Waals surface area contributed by atoms with Crippen molar-refractivity contribution in [1.82, 2.24) is 24.6 Å². The van der Waals surface area contributed by atoms with Crippen molar-refractivity contribution in [1.29, 1.82) is 0 Å². The summed E-state index contributed by atoms with van der Waals surface area (Å²) >= 11 is 0. The molecule has 40 heavy (non-hydrogen) atoms. The van der Waals surface area contributed by atoms with Crippen LogP contribution >= 0.6 is 0 Å². The zero-order chi connectivity index (χ0) is 28.5. The van der Waals surface area contributed by atoms with Gasteiger partial charge in [-0.25, -0.2) is 28.2 Å². The first-order valence-electron chi connectivity index (χ1n) is 12.8. The highest BCUT2D eigenvalue weighted by Gasteiger charge is 2.44. The third-order valence-corrected chi connectivity index (χ3v) is 8.42. The van der Waals surface area contributed by atoms with E-state index >= 15 is 0 Å². The van der Waals surface area contributed by atoms with Crippen LogP contribution in [0.2, 0.25) is 0 Å². The number of carbonyl (C=O) groups is 1. The van der Waals surface area contributed by atoms with Crippen molar-refractivity contribution in [2.45, 2.75) is 42.1 Å². The van der Waals surface area contributed by atoms with Crippen molar-refractivity contribution < 1.29 is 27.8 Å². The molecule has 4 aromatic rings. The number of aliphatic carboxylic acids is 1. The first-order valence-corrected chi connectivity index (χ1v) is 14.6. The van der Waals surface area contributed by atoms with Gasteiger partial charge >= 0.3 is 5.97 Å². The lowest BCUT2D eigenvalue weighted by Crippen LogP contribution is -2.45. The van der Waals surface area contributed by atoms with Gasteiger partial charge in [0.1, 0.15) is 10.7 Å². The molecule has 3 N–H and O–H groups in total. The topological polar surface area (TPSA) is 172 Å². The molecule has 0 saturated heterocycles. The summed E-state index contributed by atoms with van der Waals surface area (Å²) in [6.45, 7) is 0.412. The summed E-state index contributed by atoms with van der Waals surface area (Å²) in [7, 11) is -2.28. The summed E-state index contributed by atoms with van der Waals surface area (Å²) < 4.78 is 37.9. The molecule has 12 nitrogen and oxygen atoms in total. The number of methoxy groups -OCH3 is 1. The van der Waals surface area contributed by atoms with Crippen molar-refractivity contribution in [2.75, 3.05) is 32.3 Å². The van der Waals surface area contributed by atoms with Gasteiger partial charge in [-0.2, -0.15) is 9.61 Å². The number of sulfone groups is 1. The zero-order valence-electron chi connectivity index (χ0n) is 22.1. The number of ether oxygens (including phenoxy) is 2. The Morgan fingerprint density at radius 3 is 2.38 bits per heavy atom. The lowest BCUT2D eigenvalue weighted by molar-refractivity contribution is -0.173. The van der Waals surface area contributed by atoms with E-state index in [0.717, 1.165) is 11.8 Å². The van der Waals surface area contributed by atoms with E-state index < -0.39 is 21.4 Å². The number of anilines is 1. The Kier molecular flexibility index (Phi) is 7.53. The molecule has 0 bridgehead atoms. The predicted octanol–water partition coefficient (Wildman–Crippen LogP) is 2.98. The van der Waals surface area contributed by atoms with Gasteiger partial charge in [-0.15, -0.1) is 0 Å². The van der Waals surface area contributed by atoms with Crippen LogP contribution in [0.1, 0.15) is 37.3 Å². The number of aromatic nitrogens is 5. The van der Waals surface area contributed by atoms with Crippen molar-refractivity contribution >= 4 is 27.3 Å². The Labute approximate surface area is 231 Å². The molecule has 0 aliphatic heterocycles. The Hall–Kier alpha value is -3.94. The smallest absolute Gasteiger partial charge is 0.335 e. The number of nitrogen functional groups attached to an aromatic ring is 1. The number of hydrogen-bond donors (Lipinski definition) is 2. The minimum atomic E-state index is -3.80. The molecular formula is C27H30N6O6S. The van der Waals surface area contributed by atoms with E-state index in [4.69, 9.17) is 20.2 Å². The van der Waals surface area contributed by atoms with Crippen LogP contribution in [0.15, 0.2) is 53.8 Å². The van der Waals surface area contributed by atoms with Crippen LogP contribution in [0.25, 0.3) is 28.2 Å².